The average Bonchev–Trinajstić information content (AvgIpc) is 2.59. The van der Waals surface area contributed by atoms with Crippen LogP contribution in [0.2, 0.25) is 0 Å². The first-order valence-corrected chi connectivity index (χ1v) is 11.0. The first-order chi connectivity index (χ1) is 12.2. The Morgan fingerprint density at radius 2 is 0.923 bits per heavy atom. The summed E-state index contributed by atoms with van der Waals surface area (Å²) in [4.78, 5) is 1.96. The van der Waals surface area contributed by atoms with Crippen LogP contribution in [0.25, 0.3) is 0 Å². The predicted molar refractivity (Wildman–Crippen MR) is 114 cm³/mol. The molecule has 2 aromatic carbocycles. The fourth-order valence-corrected chi connectivity index (χ4v) is 5.55. The summed E-state index contributed by atoms with van der Waals surface area (Å²) in [5.41, 5.74) is 5.14. The Morgan fingerprint density at radius 3 is 1.19 bits per heavy atom. The van der Waals surface area contributed by atoms with Gasteiger partial charge in [0.15, 0.2) is 0 Å². The lowest BCUT2D eigenvalue weighted by Crippen LogP contribution is -2.09. The molecule has 0 aromatic heterocycles. The van der Waals surface area contributed by atoms with Gasteiger partial charge in [0, 0.05) is 9.79 Å². The zero-order valence-electron chi connectivity index (χ0n) is 17.6. The summed E-state index contributed by atoms with van der Waals surface area (Å²) < 4.78 is 13.8. The highest BCUT2D eigenvalue weighted by Crippen LogP contribution is 2.37. The van der Waals surface area contributed by atoms with Crippen LogP contribution in [0.3, 0.4) is 0 Å². The van der Waals surface area contributed by atoms with Gasteiger partial charge in [0.05, 0.1) is 10.8 Å². The average molecular weight is 371 g/mol. The van der Waals surface area contributed by atoms with Gasteiger partial charge >= 0.3 is 0 Å². The largest absolute Gasteiger partial charge is 0.249 e. The molecular formula is C24H34OS. The van der Waals surface area contributed by atoms with Gasteiger partial charge in [0.25, 0.3) is 0 Å². The lowest BCUT2D eigenvalue weighted by Gasteiger charge is -2.23. The van der Waals surface area contributed by atoms with Crippen LogP contribution >= 0.6 is 0 Å². The van der Waals surface area contributed by atoms with Gasteiger partial charge in [-0.15, -0.1) is 0 Å². The molecule has 0 amide bonds. The van der Waals surface area contributed by atoms with Crippen molar-refractivity contribution >= 4 is 10.8 Å². The molecule has 0 radical (unpaired) electrons. The Kier molecular flexibility index (Phi) is 6.85. The number of rotatable bonds is 6. The number of hydrogen-bond donors (Lipinski definition) is 0. The van der Waals surface area contributed by atoms with E-state index in [-0.39, 0.29) is 0 Å². The van der Waals surface area contributed by atoms with Crippen LogP contribution < -0.4 is 0 Å². The summed E-state index contributed by atoms with van der Waals surface area (Å²) in [7, 11) is -1.16. The normalized spacial score (nSPS) is 12.2. The van der Waals surface area contributed by atoms with Crippen LogP contribution in [-0.4, -0.2) is 4.21 Å². The van der Waals surface area contributed by atoms with Crippen LogP contribution in [0.5, 0.6) is 0 Å². The summed E-state index contributed by atoms with van der Waals surface area (Å²) in [5, 5.41) is 0. The quantitative estimate of drug-likeness (QED) is 0.519. The van der Waals surface area contributed by atoms with E-state index in [0.29, 0.717) is 23.7 Å². The molecule has 0 fully saturated rings. The third kappa shape index (κ3) is 4.11. The van der Waals surface area contributed by atoms with Crippen molar-refractivity contribution in [2.24, 2.45) is 0 Å². The van der Waals surface area contributed by atoms with Gasteiger partial charge in [-0.25, -0.2) is 4.21 Å². The standard InChI is InChI=1S/C24H34OS/c1-15(2)19-11-9-13-21(23(19)17(5)6)26(25)22-14-10-12-20(16(3)4)24(22)18(7)8/h9-18H,1-8H3. The molecule has 0 aliphatic heterocycles. The third-order valence-corrected chi connectivity index (χ3v) is 6.51. The maximum absolute atomic E-state index is 13.8. The zero-order chi connectivity index (χ0) is 19.6. The Labute approximate surface area is 162 Å². The van der Waals surface area contributed by atoms with E-state index in [9.17, 15) is 4.21 Å². The van der Waals surface area contributed by atoms with Crippen LogP contribution in [0.15, 0.2) is 46.2 Å². The van der Waals surface area contributed by atoms with Gasteiger partial charge in [-0.2, -0.15) is 0 Å². The van der Waals surface area contributed by atoms with Gasteiger partial charge in [0.2, 0.25) is 0 Å². The van der Waals surface area contributed by atoms with E-state index in [1.54, 1.807) is 0 Å². The van der Waals surface area contributed by atoms with Crippen molar-refractivity contribution in [2.75, 3.05) is 0 Å². The maximum atomic E-state index is 13.8. The Balaban J connectivity index is 2.72. The van der Waals surface area contributed by atoms with Gasteiger partial charge in [-0.3, -0.25) is 0 Å². The smallest absolute Gasteiger partial charge is 0.0855 e. The molecule has 0 N–H and O–H groups in total. The fourth-order valence-electron chi connectivity index (χ4n) is 3.81. The molecule has 0 spiro atoms. The molecule has 0 aliphatic carbocycles. The summed E-state index contributed by atoms with van der Waals surface area (Å²) >= 11 is 0. The van der Waals surface area contributed by atoms with Gasteiger partial charge in [-0.05, 0) is 58.1 Å². The highest BCUT2D eigenvalue weighted by Gasteiger charge is 2.23. The third-order valence-electron chi connectivity index (χ3n) is 5.00. The Bertz CT molecular complexity index is 719. The molecule has 1 nitrogen and oxygen atoms in total. The SMILES string of the molecule is CC(C)c1cccc(S(=O)c2cccc(C(C)C)c2C(C)C)c1C(C)C. The molecule has 0 bridgehead atoms. The van der Waals surface area contributed by atoms with E-state index in [1.165, 1.54) is 22.3 Å². The second-order valence-corrected chi connectivity index (χ2v) is 9.82. The van der Waals surface area contributed by atoms with Crippen molar-refractivity contribution in [1.82, 2.24) is 0 Å². The Hall–Kier alpha value is -1.41. The van der Waals surface area contributed by atoms with Crippen LogP contribution in [0.4, 0.5) is 0 Å². The minimum atomic E-state index is -1.16. The molecule has 0 atom stereocenters. The molecule has 2 heteroatoms. The molecule has 0 aliphatic rings. The van der Waals surface area contributed by atoms with E-state index in [1.807, 2.05) is 0 Å². The molecule has 0 heterocycles. The topological polar surface area (TPSA) is 17.1 Å². The van der Waals surface area contributed by atoms with Crippen molar-refractivity contribution in [3.05, 3.63) is 58.7 Å². The van der Waals surface area contributed by atoms with Crippen molar-refractivity contribution < 1.29 is 4.21 Å². The van der Waals surface area contributed by atoms with Gasteiger partial charge in [-0.1, -0.05) is 79.7 Å². The van der Waals surface area contributed by atoms with E-state index < -0.39 is 10.8 Å². The van der Waals surface area contributed by atoms with Crippen molar-refractivity contribution in [3.63, 3.8) is 0 Å². The van der Waals surface area contributed by atoms with Gasteiger partial charge < -0.3 is 0 Å². The highest BCUT2D eigenvalue weighted by molar-refractivity contribution is 7.85. The molecule has 0 saturated carbocycles. The van der Waals surface area contributed by atoms with E-state index >= 15 is 0 Å². The summed E-state index contributed by atoms with van der Waals surface area (Å²) in [6, 6.07) is 12.6. The Morgan fingerprint density at radius 1 is 0.577 bits per heavy atom. The minimum absolute atomic E-state index is 0.350. The van der Waals surface area contributed by atoms with Crippen LogP contribution in [0, 0.1) is 0 Å². The first-order valence-electron chi connectivity index (χ1n) is 9.84. The molecule has 26 heavy (non-hydrogen) atoms. The predicted octanol–water partition coefficient (Wildman–Crippen LogP) is 7.35. The molecule has 2 rings (SSSR count). The maximum Gasteiger partial charge on any atom is 0.0855 e. The van der Waals surface area contributed by atoms with Crippen LogP contribution in [0.1, 0.15) is 101 Å². The summed E-state index contributed by atoms with van der Waals surface area (Å²) in [6.07, 6.45) is 0. The lowest BCUT2D eigenvalue weighted by atomic mass is 9.90. The van der Waals surface area contributed by atoms with E-state index in [4.69, 9.17) is 0 Å². The van der Waals surface area contributed by atoms with Crippen molar-refractivity contribution in [3.8, 4) is 0 Å². The summed E-state index contributed by atoms with van der Waals surface area (Å²) in [6.45, 7) is 17.7. The molecule has 0 saturated heterocycles. The van der Waals surface area contributed by atoms with Crippen molar-refractivity contribution in [1.29, 1.82) is 0 Å². The fraction of sp³-hybridized carbons (Fsp3) is 0.500. The molecule has 142 valence electrons. The lowest BCUT2D eigenvalue weighted by molar-refractivity contribution is 0.675. The molecule has 2 aromatic rings. The van der Waals surface area contributed by atoms with Crippen LogP contribution in [-0.2, 0) is 10.8 Å². The molecular weight excluding hydrogens is 336 g/mol. The van der Waals surface area contributed by atoms with Crippen molar-refractivity contribution in [2.45, 2.75) is 88.9 Å². The second-order valence-electron chi connectivity index (χ2n) is 8.41. The molecule has 0 unspecified atom stereocenters. The van der Waals surface area contributed by atoms with E-state index in [0.717, 1.165) is 9.79 Å². The number of benzene rings is 2. The number of hydrogen-bond acceptors (Lipinski definition) is 1. The van der Waals surface area contributed by atoms with E-state index in [2.05, 4.69) is 91.8 Å². The monoisotopic (exact) mass is 370 g/mol. The zero-order valence-corrected chi connectivity index (χ0v) is 18.4. The highest BCUT2D eigenvalue weighted by atomic mass is 32.2. The first kappa shape index (κ1) is 20.9. The summed E-state index contributed by atoms with van der Waals surface area (Å²) in [5.74, 6) is 1.55. The minimum Gasteiger partial charge on any atom is -0.249 e. The second kappa shape index (κ2) is 8.52. The van der Waals surface area contributed by atoms with Gasteiger partial charge in [0.1, 0.15) is 0 Å².